The van der Waals surface area contributed by atoms with Crippen LogP contribution >= 0.6 is 0 Å². The summed E-state index contributed by atoms with van der Waals surface area (Å²) in [5, 5.41) is 0. The van der Waals surface area contributed by atoms with Crippen LogP contribution in [0.25, 0.3) is 11.0 Å². The van der Waals surface area contributed by atoms with Crippen LogP contribution in [-0.2, 0) is 0 Å². The van der Waals surface area contributed by atoms with Gasteiger partial charge in [-0.25, -0.2) is 0 Å². The van der Waals surface area contributed by atoms with Crippen molar-refractivity contribution in [2.24, 2.45) is 0 Å². The van der Waals surface area contributed by atoms with Gasteiger partial charge in [-0.3, -0.25) is 14.8 Å². The van der Waals surface area contributed by atoms with Crippen LogP contribution in [0, 0.1) is 12.3 Å². The van der Waals surface area contributed by atoms with Crippen LogP contribution in [0.3, 0.4) is 0 Å². The first-order chi connectivity index (χ1) is 7.81. The van der Waals surface area contributed by atoms with E-state index < -0.39 is 0 Å². The fraction of sp³-hybridized carbons (Fsp3) is 0.154. The molecule has 1 aromatic carbocycles. The third kappa shape index (κ3) is 2.06. The zero-order valence-corrected chi connectivity index (χ0v) is 8.68. The molecule has 0 fully saturated rings. The van der Waals surface area contributed by atoms with E-state index in [-0.39, 0.29) is 5.78 Å². The van der Waals surface area contributed by atoms with Gasteiger partial charge in [-0.15, -0.1) is 12.3 Å². The zero-order valence-electron chi connectivity index (χ0n) is 8.68. The molecule has 0 radical (unpaired) electrons. The highest BCUT2D eigenvalue weighted by Crippen LogP contribution is 2.12. The summed E-state index contributed by atoms with van der Waals surface area (Å²) >= 11 is 0. The van der Waals surface area contributed by atoms with Crippen LogP contribution in [-0.4, -0.2) is 15.8 Å². The average Bonchev–Trinajstić information content (AvgIpc) is 2.35. The minimum Gasteiger partial charge on any atom is -0.294 e. The maximum Gasteiger partial charge on any atom is 0.163 e. The Kier molecular flexibility index (Phi) is 2.93. The molecule has 0 amide bonds. The van der Waals surface area contributed by atoms with Crippen molar-refractivity contribution in [3.8, 4) is 12.3 Å². The molecule has 0 atom stereocenters. The second kappa shape index (κ2) is 4.54. The van der Waals surface area contributed by atoms with E-state index in [1.165, 1.54) is 0 Å². The Morgan fingerprint density at radius 3 is 2.75 bits per heavy atom. The highest BCUT2D eigenvalue weighted by atomic mass is 16.1. The van der Waals surface area contributed by atoms with Crippen molar-refractivity contribution < 1.29 is 4.79 Å². The molecule has 0 aliphatic rings. The van der Waals surface area contributed by atoms with Gasteiger partial charge in [0.15, 0.2) is 5.78 Å². The van der Waals surface area contributed by atoms with Gasteiger partial charge in [-0.1, -0.05) is 0 Å². The largest absolute Gasteiger partial charge is 0.294 e. The lowest BCUT2D eigenvalue weighted by Gasteiger charge is -2.00. The van der Waals surface area contributed by atoms with E-state index in [1.54, 1.807) is 30.6 Å². The molecule has 0 N–H and O–H groups in total. The van der Waals surface area contributed by atoms with Crippen molar-refractivity contribution in [1.29, 1.82) is 0 Å². The van der Waals surface area contributed by atoms with Gasteiger partial charge in [0, 0.05) is 30.8 Å². The minimum absolute atomic E-state index is 0.0468. The molecule has 3 heteroatoms. The maximum atomic E-state index is 11.7. The van der Waals surface area contributed by atoms with Gasteiger partial charge in [0.2, 0.25) is 0 Å². The molecule has 0 spiro atoms. The van der Waals surface area contributed by atoms with Gasteiger partial charge in [-0.2, -0.15) is 0 Å². The van der Waals surface area contributed by atoms with Crippen molar-refractivity contribution >= 4 is 16.8 Å². The van der Waals surface area contributed by atoms with E-state index in [0.29, 0.717) is 18.4 Å². The number of aromatic nitrogens is 2. The van der Waals surface area contributed by atoms with Crippen molar-refractivity contribution in [2.45, 2.75) is 12.8 Å². The van der Waals surface area contributed by atoms with Gasteiger partial charge in [0.05, 0.1) is 11.0 Å². The molecule has 0 saturated heterocycles. The summed E-state index contributed by atoms with van der Waals surface area (Å²) in [4.78, 5) is 20.0. The number of benzene rings is 1. The van der Waals surface area contributed by atoms with E-state index in [9.17, 15) is 4.79 Å². The molecule has 2 rings (SSSR count). The van der Waals surface area contributed by atoms with Crippen LogP contribution in [0.1, 0.15) is 23.2 Å². The molecule has 0 bridgehead atoms. The number of terminal acetylenes is 1. The maximum absolute atomic E-state index is 11.7. The number of fused-ring (bicyclic) bond motifs is 1. The van der Waals surface area contributed by atoms with E-state index in [0.717, 1.165) is 11.0 Å². The molecular formula is C13H10N2O. The topological polar surface area (TPSA) is 42.9 Å². The number of carbonyl (C=O) groups is 1. The molecular weight excluding hydrogens is 200 g/mol. The molecule has 2 aromatic rings. The summed E-state index contributed by atoms with van der Waals surface area (Å²) in [6.07, 6.45) is 9.20. The Labute approximate surface area is 93.5 Å². The van der Waals surface area contributed by atoms with E-state index in [2.05, 4.69) is 15.9 Å². The molecule has 0 unspecified atom stereocenters. The summed E-state index contributed by atoms with van der Waals surface area (Å²) < 4.78 is 0. The van der Waals surface area contributed by atoms with Crippen molar-refractivity contribution in [3.05, 3.63) is 36.2 Å². The van der Waals surface area contributed by atoms with E-state index in [4.69, 9.17) is 6.42 Å². The highest BCUT2D eigenvalue weighted by molar-refractivity contribution is 5.98. The van der Waals surface area contributed by atoms with Crippen molar-refractivity contribution in [2.75, 3.05) is 0 Å². The van der Waals surface area contributed by atoms with Crippen LogP contribution in [0.15, 0.2) is 30.6 Å². The Bertz CT molecular complexity index is 569. The standard InChI is InChI=1S/C13H10N2O/c1-2-3-4-13(16)10-5-6-11-12(9-10)15-8-7-14-11/h1,5-9H,3-4H2. The molecule has 0 aliphatic carbocycles. The number of ketones is 1. The second-order valence-electron chi connectivity index (χ2n) is 3.39. The monoisotopic (exact) mass is 210 g/mol. The number of nitrogens with zero attached hydrogens (tertiary/aromatic N) is 2. The Hall–Kier alpha value is -2.21. The SMILES string of the molecule is C#CCCC(=O)c1ccc2nccnc2c1. The first-order valence-corrected chi connectivity index (χ1v) is 4.98. The van der Waals surface area contributed by atoms with Crippen LogP contribution in [0.4, 0.5) is 0 Å². The molecule has 78 valence electrons. The van der Waals surface area contributed by atoms with Gasteiger partial charge in [0.1, 0.15) is 0 Å². The highest BCUT2D eigenvalue weighted by Gasteiger charge is 2.06. The number of carbonyl (C=O) groups excluding carboxylic acids is 1. The normalized spacial score (nSPS) is 9.94. The fourth-order valence-corrected chi connectivity index (χ4v) is 1.47. The summed E-state index contributed by atoms with van der Waals surface area (Å²) in [7, 11) is 0. The number of Topliss-reactive ketones (excluding diaryl/α,β-unsaturated/α-hetero) is 1. The zero-order chi connectivity index (χ0) is 11.4. The molecule has 3 nitrogen and oxygen atoms in total. The smallest absolute Gasteiger partial charge is 0.163 e. The lowest BCUT2D eigenvalue weighted by molar-refractivity contribution is 0.0984. The van der Waals surface area contributed by atoms with Gasteiger partial charge in [-0.05, 0) is 18.2 Å². The predicted molar refractivity (Wildman–Crippen MR) is 61.9 cm³/mol. The van der Waals surface area contributed by atoms with Gasteiger partial charge in [0.25, 0.3) is 0 Å². The molecule has 1 aromatic heterocycles. The average molecular weight is 210 g/mol. The number of rotatable bonds is 3. The summed E-state index contributed by atoms with van der Waals surface area (Å²) in [5.74, 6) is 2.50. The van der Waals surface area contributed by atoms with Crippen LogP contribution in [0.5, 0.6) is 0 Å². The summed E-state index contributed by atoms with van der Waals surface area (Å²) in [6.45, 7) is 0. The molecule has 0 saturated carbocycles. The van der Waals surface area contributed by atoms with E-state index >= 15 is 0 Å². The third-order valence-electron chi connectivity index (χ3n) is 2.29. The Morgan fingerprint density at radius 2 is 2.00 bits per heavy atom. The lowest BCUT2D eigenvalue weighted by atomic mass is 10.1. The van der Waals surface area contributed by atoms with E-state index in [1.807, 2.05) is 0 Å². The fourth-order valence-electron chi connectivity index (χ4n) is 1.47. The minimum atomic E-state index is 0.0468. The third-order valence-corrected chi connectivity index (χ3v) is 2.29. The van der Waals surface area contributed by atoms with Crippen LogP contribution in [0.2, 0.25) is 0 Å². The van der Waals surface area contributed by atoms with Gasteiger partial charge < -0.3 is 0 Å². The lowest BCUT2D eigenvalue weighted by Crippen LogP contribution is -1.98. The summed E-state index contributed by atoms with van der Waals surface area (Å²) in [6, 6.07) is 5.31. The Morgan fingerprint density at radius 1 is 1.25 bits per heavy atom. The van der Waals surface area contributed by atoms with Gasteiger partial charge >= 0.3 is 0 Å². The first kappa shape index (κ1) is 10.3. The van der Waals surface area contributed by atoms with Crippen LogP contribution < -0.4 is 0 Å². The quantitative estimate of drug-likeness (QED) is 0.576. The second-order valence-corrected chi connectivity index (χ2v) is 3.39. The number of hydrogen-bond acceptors (Lipinski definition) is 3. The number of hydrogen-bond donors (Lipinski definition) is 0. The Balaban J connectivity index is 2.33. The molecule has 16 heavy (non-hydrogen) atoms. The van der Waals surface area contributed by atoms with Crippen molar-refractivity contribution in [3.63, 3.8) is 0 Å². The first-order valence-electron chi connectivity index (χ1n) is 4.98. The summed E-state index contributed by atoms with van der Waals surface area (Å²) in [5.41, 5.74) is 2.16. The predicted octanol–water partition coefficient (Wildman–Crippen LogP) is 2.23. The molecule has 1 heterocycles. The van der Waals surface area contributed by atoms with Crippen molar-refractivity contribution in [1.82, 2.24) is 9.97 Å². The molecule has 0 aliphatic heterocycles.